The van der Waals surface area contributed by atoms with Crippen LogP contribution in [-0.4, -0.2) is 5.78 Å². The average Bonchev–Trinajstić information content (AvgIpc) is 2.68. The Balaban J connectivity index is 2.21. The number of ketones is 1. The van der Waals surface area contributed by atoms with E-state index in [1.165, 1.54) is 6.26 Å². The number of halogens is 2. The van der Waals surface area contributed by atoms with Crippen LogP contribution in [0.5, 0.6) is 0 Å². The van der Waals surface area contributed by atoms with E-state index in [9.17, 15) is 13.6 Å². The van der Waals surface area contributed by atoms with Gasteiger partial charge in [-0.05, 0) is 24.3 Å². The molecule has 0 amide bonds. The lowest BCUT2D eigenvalue weighted by atomic mass is 10.1. The fourth-order valence-electron chi connectivity index (χ4n) is 1.39. The van der Waals surface area contributed by atoms with Gasteiger partial charge in [0.1, 0.15) is 17.4 Å². The van der Waals surface area contributed by atoms with E-state index < -0.39 is 11.6 Å². The summed E-state index contributed by atoms with van der Waals surface area (Å²) in [6.07, 6.45) is 1.44. The van der Waals surface area contributed by atoms with E-state index in [0.717, 1.165) is 18.2 Å². The summed E-state index contributed by atoms with van der Waals surface area (Å²) in [5.41, 5.74) is 0.00824. The minimum atomic E-state index is -0.761. The Morgan fingerprint density at radius 1 is 1.19 bits per heavy atom. The van der Waals surface area contributed by atoms with Crippen molar-refractivity contribution in [3.05, 3.63) is 59.6 Å². The van der Waals surface area contributed by atoms with Crippen LogP contribution in [0.3, 0.4) is 0 Å². The maximum Gasteiger partial charge on any atom is 0.170 e. The third-order valence-corrected chi connectivity index (χ3v) is 2.10. The zero-order valence-corrected chi connectivity index (χ0v) is 8.24. The summed E-state index contributed by atoms with van der Waals surface area (Å²) in [7, 11) is 0. The molecule has 2 rings (SSSR count). The highest BCUT2D eigenvalue weighted by atomic mass is 19.1. The van der Waals surface area contributed by atoms with Gasteiger partial charge in [-0.3, -0.25) is 4.79 Å². The van der Waals surface area contributed by atoms with Crippen LogP contribution < -0.4 is 0 Å². The van der Waals surface area contributed by atoms with Gasteiger partial charge in [-0.25, -0.2) is 8.78 Å². The Bertz CT molecular complexity index is 483. The summed E-state index contributed by atoms with van der Waals surface area (Å²) in [5.74, 6) is -1.44. The van der Waals surface area contributed by atoms with Crippen LogP contribution in [0.2, 0.25) is 0 Å². The minimum absolute atomic E-state index is 0.00407. The van der Waals surface area contributed by atoms with Gasteiger partial charge in [0, 0.05) is 11.6 Å². The predicted molar refractivity (Wildman–Crippen MR) is 53.1 cm³/mol. The molecule has 82 valence electrons. The first-order valence-electron chi connectivity index (χ1n) is 4.67. The molecule has 0 aliphatic rings. The van der Waals surface area contributed by atoms with Gasteiger partial charge in [0.15, 0.2) is 5.78 Å². The van der Waals surface area contributed by atoms with Crippen molar-refractivity contribution in [2.75, 3.05) is 0 Å². The SMILES string of the molecule is O=C(Cc1ccco1)c1cc(F)cc(F)c1. The molecule has 0 bridgehead atoms. The molecule has 1 heterocycles. The molecule has 0 atom stereocenters. The molecule has 0 saturated heterocycles. The highest BCUT2D eigenvalue weighted by Crippen LogP contribution is 2.12. The van der Waals surface area contributed by atoms with Gasteiger partial charge in [-0.1, -0.05) is 0 Å². The fourth-order valence-corrected chi connectivity index (χ4v) is 1.39. The van der Waals surface area contributed by atoms with Gasteiger partial charge in [-0.2, -0.15) is 0 Å². The van der Waals surface area contributed by atoms with Gasteiger partial charge in [0.25, 0.3) is 0 Å². The first-order chi connectivity index (χ1) is 7.65. The summed E-state index contributed by atoms with van der Waals surface area (Å²) in [6.45, 7) is 0. The number of hydrogen-bond acceptors (Lipinski definition) is 2. The zero-order chi connectivity index (χ0) is 11.5. The monoisotopic (exact) mass is 222 g/mol. The summed E-state index contributed by atoms with van der Waals surface area (Å²) in [6, 6.07) is 6.02. The topological polar surface area (TPSA) is 30.2 Å². The zero-order valence-electron chi connectivity index (χ0n) is 8.24. The summed E-state index contributed by atoms with van der Waals surface area (Å²) in [5, 5.41) is 0. The molecule has 0 aliphatic heterocycles. The molecule has 4 heteroatoms. The lowest BCUT2D eigenvalue weighted by Crippen LogP contribution is -2.03. The molecule has 0 spiro atoms. The molecule has 1 aromatic heterocycles. The largest absolute Gasteiger partial charge is 0.469 e. The summed E-state index contributed by atoms with van der Waals surface area (Å²) >= 11 is 0. The molecule has 0 N–H and O–H groups in total. The third kappa shape index (κ3) is 2.34. The molecule has 0 unspecified atom stereocenters. The number of carbonyl (C=O) groups excluding carboxylic acids is 1. The standard InChI is InChI=1S/C12H8F2O2/c13-9-4-8(5-10(14)6-9)12(15)7-11-2-1-3-16-11/h1-6H,7H2. The highest BCUT2D eigenvalue weighted by molar-refractivity contribution is 5.97. The van der Waals surface area contributed by atoms with Gasteiger partial charge in [-0.15, -0.1) is 0 Å². The Kier molecular flexibility index (Phi) is 2.81. The van der Waals surface area contributed by atoms with Crippen molar-refractivity contribution < 1.29 is 18.0 Å². The van der Waals surface area contributed by atoms with Crippen molar-refractivity contribution in [1.82, 2.24) is 0 Å². The van der Waals surface area contributed by atoms with Gasteiger partial charge >= 0.3 is 0 Å². The summed E-state index contributed by atoms with van der Waals surface area (Å²) < 4.78 is 30.7. The van der Waals surface area contributed by atoms with E-state index in [1.54, 1.807) is 12.1 Å². The van der Waals surface area contributed by atoms with Gasteiger partial charge in [0.2, 0.25) is 0 Å². The Morgan fingerprint density at radius 2 is 1.88 bits per heavy atom. The van der Waals surface area contributed by atoms with Gasteiger partial charge < -0.3 is 4.42 Å². The van der Waals surface area contributed by atoms with Crippen LogP contribution in [0.4, 0.5) is 8.78 Å². The van der Waals surface area contributed by atoms with Crippen LogP contribution in [0.15, 0.2) is 41.0 Å². The lowest BCUT2D eigenvalue weighted by molar-refractivity contribution is 0.0986. The van der Waals surface area contributed by atoms with E-state index in [0.29, 0.717) is 5.76 Å². The molecular formula is C12H8F2O2. The smallest absolute Gasteiger partial charge is 0.170 e. The molecule has 1 aromatic carbocycles. The van der Waals surface area contributed by atoms with E-state index in [1.807, 2.05) is 0 Å². The van der Waals surface area contributed by atoms with Crippen molar-refractivity contribution >= 4 is 5.78 Å². The second kappa shape index (κ2) is 4.26. The van der Waals surface area contributed by atoms with Crippen molar-refractivity contribution in [3.63, 3.8) is 0 Å². The Labute approximate surface area is 90.5 Å². The second-order valence-electron chi connectivity index (χ2n) is 3.34. The van der Waals surface area contributed by atoms with Gasteiger partial charge in [0.05, 0.1) is 12.7 Å². The lowest BCUT2D eigenvalue weighted by Gasteiger charge is -1.99. The molecule has 0 radical (unpaired) electrons. The Morgan fingerprint density at radius 3 is 2.44 bits per heavy atom. The van der Waals surface area contributed by atoms with Crippen LogP contribution in [0, 0.1) is 11.6 Å². The molecular weight excluding hydrogens is 214 g/mol. The second-order valence-corrected chi connectivity index (χ2v) is 3.34. The molecule has 2 nitrogen and oxygen atoms in total. The van der Waals surface area contributed by atoms with Crippen LogP contribution in [0.25, 0.3) is 0 Å². The quantitative estimate of drug-likeness (QED) is 0.747. The first-order valence-corrected chi connectivity index (χ1v) is 4.67. The van der Waals surface area contributed by atoms with E-state index >= 15 is 0 Å². The highest BCUT2D eigenvalue weighted by Gasteiger charge is 2.11. The van der Waals surface area contributed by atoms with E-state index in [2.05, 4.69) is 0 Å². The van der Waals surface area contributed by atoms with E-state index in [-0.39, 0.29) is 17.8 Å². The molecule has 16 heavy (non-hydrogen) atoms. The first kappa shape index (κ1) is 10.5. The van der Waals surface area contributed by atoms with Crippen LogP contribution in [0.1, 0.15) is 16.1 Å². The normalized spacial score (nSPS) is 10.4. The van der Waals surface area contributed by atoms with Crippen molar-refractivity contribution in [2.45, 2.75) is 6.42 Å². The minimum Gasteiger partial charge on any atom is -0.469 e. The number of benzene rings is 1. The van der Waals surface area contributed by atoms with Crippen LogP contribution >= 0.6 is 0 Å². The number of hydrogen-bond donors (Lipinski definition) is 0. The third-order valence-electron chi connectivity index (χ3n) is 2.10. The van der Waals surface area contributed by atoms with Crippen molar-refractivity contribution in [1.29, 1.82) is 0 Å². The average molecular weight is 222 g/mol. The molecule has 0 saturated carbocycles. The van der Waals surface area contributed by atoms with Crippen molar-refractivity contribution in [3.8, 4) is 0 Å². The molecule has 2 aromatic rings. The number of Topliss-reactive ketones (excluding diaryl/α,β-unsaturated/α-hetero) is 1. The maximum absolute atomic E-state index is 12.9. The summed E-state index contributed by atoms with van der Waals surface area (Å²) in [4.78, 5) is 11.6. The Hall–Kier alpha value is -1.97. The molecule has 0 aliphatic carbocycles. The number of furan rings is 1. The van der Waals surface area contributed by atoms with E-state index in [4.69, 9.17) is 4.42 Å². The maximum atomic E-state index is 12.9. The fraction of sp³-hybridized carbons (Fsp3) is 0.0833. The number of rotatable bonds is 3. The number of carbonyl (C=O) groups is 1. The predicted octanol–water partition coefficient (Wildman–Crippen LogP) is 2.98. The van der Waals surface area contributed by atoms with Crippen molar-refractivity contribution in [2.24, 2.45) is 0 Å². The van der Waals surface area contributed by atoms with Crippen LogP contribution in [-0.2, 0) is 6.42 Å². The molecule has 0 fully saturated rings.